The van der Waals surface area contributed by atoms with Gasteiger partial charge >= 0.3 is 5.97 Å². The number of nitrogens with one attached hydrogen (secondary N) is 2. The Morgan fingerprint density at radius 2 is 1.84 bits per heavy atom. The molecule has 0 aliphatic carbocycles. The van der Waals surface area contributed by atoms with Crippen molar-refractivity contribution in [2.45, 2.75) is 32.2 Å². The molecule has 2 N–H and O–H groups in total. The summed E-state index contributed by atoms with van der Waals surface area (Å²) in [6.07, 6.45) is 1.20. The lowest BCUT2D eigenvalue weighted by Crippen LogP contribution is -2.59. The minimum absolute atomic E-state index is 0.0998. The SMILES string of the molecule is CCOC(=O)C1CCN(CC(=O)N2CCNC(=O)[C@H]2CC(=O)Nc2ccccc2)CC1. The summed E-state index contributed by atoms with van der Waals surface area (Å²) in [5.41, 5.74) is 0.645. The maximum absolute atomic E-state index is 13.0. The number of anilines is 1. The minimum atomic E-state index is -0.831. The van der Waals surface area contributed by atoms with E-state index >= 15 is 0 Å². The Balaban J connectivity index is 1.54. The van der Waals surface area contributed by atoms with Crippen LogP contribution in [0.2, 0.25) is 0 Å². The summed E-state index contributed by atoms with van der Waals surface area (Å²) in [6.45, 7) is 4.30. The van der Waals surface area contributed by atoms with Gasteiger partial charge in [-0.2, -0.15) is 0 Å². The molecule has 3 rings (SSSR count). The van der Waals surface area contributed by atoms with Crippen LogP contribution in [0.4, 0.5) is 5.69 Å². The first-order valence-electron chi connectivity index (χ1n) is 10.8. The molecule has 3 amide bonds. The van der Waals surface area contributed by atoms with E-state index in [1.54, 1.807) is 19.1 Å². The molecule has 0 aromatic heterocycles. The van der Waals surface area contributed by atoms with Crippen LogP contribution in [0, 0.1) is 5.92 Å². The van der Waals surface area contributed by atoms with Crippen LogP contribution in [0.1, 0.15) is 26.2 Å². The molecular weight excluding hydrogens is 400 g/mol. The van der Waals surface area contributed by atoms with E-state index in [9.17, 15) is 19.2 Å². The Kier molecular flexibility index (Phi) is 8.00. The number of piperidine rings is 1. The number of carbonyl (C=O) groups is 4. The van der Waals surface area contributed by atoms with Gasteiger partial charge < -0.3 is 20.3 Å². The Morgan fingerprint density at radius 1 is 1.13 bits per heavy atom. The molecule has 1 aromatic carbocycles. The monoisotopic (exact) mass is 430 g/mol. The van der Waals surface area contributed by atoms with Crippen LogP contribution in [-0.2, 0) is 23.9 Å². The van der Waals surface area contributed by atoms with Crippen molar-refractivity contribution in [3.63, 3.8) is 0 Å². The number of para-hydroxylation sites is 1. The van der Waals surface area contributed by atoms with E-state index in [1.165, 1.54) is 4.90 Å². The Hall–Kier alpha value is -2.94. The molecule has 2 heterocycles. The van der Waals surface area contributed by atoms with Crippen LogP contribution in [0.15, 0.2) is 30.3 Å². The maximum atomic E-state index is 13.0. The van der Waals surface area contributed by atoms with Crippen molar-refractivity contribution in [2.75, 3.05) is 44.6 Å². The van der Waals surface area contributed by atoms with Gasteiger partial charge in [-0.1, -0.05) is 18.2 Å². The topological polar surface area (TPSA) is 108 Å². The third-order valence-electron chi connectivity index (χ3n) is 5.65. The van der Waals surface area contributed by atoms with E-state index in [0.717, 1.165) is 0 Å². The predicted molar refractivity (Wildman–Crippen MR) is 114 cm³/mol. The molecule has 0 unspecified atom stereocenters. The van der Waals surface area contributed by atoms with E-state index in [1.807, 2.05) is 23.1 Å². The lowest BCUT2D eigenvalue weighted by atomic mass is 9.97. The zero-order valence-corrected chi connectivity index (χ0v) is 17.8. The number of nitrogens with zero attached hydrogens (tertiary/aromatic N) is 2. The number of piperazine rings is 1. The van der Waals surface area contributed by atoms with Crippen LogP contribution in [0.25, 0.3) is 0 Å². The van der Waals surface area contributed by atoms with Gasteiger partial charge in [-0.3, -0.25) is 24.1 Å². The summed E-state index contributed by atoms with van der Waals surface area (Å²) in [6, 6.07) is 8.17. The Bertz CT molecular complexity index is 792. The highest BCUT2D eigenvalue weighted by molar-refractivity contribution is 5.97. The molecule has 0 spiro atoms. The van der Waals surface area contributed by atoms with Gasteiger partial charge in [0.1, 0.15) is 6.04 Å². The van der Waals surface area contributed by atoms with Gasteiger partial charge in [-0.05, 0) is 45.0 Å². The van der Waals surface area contributed by atoms with Gasteiger partial charge in [0.2, 0.25) is 17.7 Å². The molecule has 9 nitrogen and oxygen atoms in total. The van der Waals surface area contributed by atoms with Gasteiger partial charge in [0, 0.05) is 18.8 Å². The Labute approximate surface area is 182 Å². The van der Waals surface area contributed by atoms with Crippen LogP contribution in [0.5, 0.6) is 0 Å². The van der Waals surface area contributed by atoms with Crippen LogP contribution in [0.3, 0.4) is 0 Å². The molecule has 0 radical (unpaired) electrons. The first-order chi connectivity index (χ1) is 15.0. The van der Waals surface area contributed by atoms with Crippen molar-refractivity contribution in [3.05, 3.63) is 30.3 Å². The molecule has 0 saturated carbocycles. The van der Waals surface area contributed by atoms with E-state index in [4.69, 9.17) is 4.74 Å². The number of hydrogen-bond donors (Lipinski definition) is 2. The maximum Gasteiger partial charge on any atom is 0.309 e. The molecule has 2 fully saturated rings. The highest BCUT2D eigenvalue weighted by Crippen LogP contribution is 2.19. The third-order valence-corrected chi connectivity index (χ3v) is 5.65. The van der Waals surface area contributed by atoms with Crippen molar-refractivity contribution in [1.82, 2.24) is 15.1 Å². The number of benzene rings is 1. The molecule has 0 bridgehead atoms. The number of likely N-dealkylation sites (tertiary alicyclic amines) is 1. The normalized spacial score (nSPS) is 20.1. The van der Waals surface area contributed by atoms with E-state index < -0.39 is 6.04 Å². The standard InChI is InChI=1S/C22H30N4O5/c1-2-31-22(30)16-8-11-25(12-9-16)15-20(28)26-13-10-23-21(29)18(26)14-19(27)24-17-6-4-3-5-7-17/h3-7,16,18H,2,8-15H2,1H3,(H,23,29)(H,24,27)/t18-/m1/s1. The molecule has 1 aromatic rings. The summed E-state index contributed by atoms with van der Waals surface area (Å²) < 4.78 is 5.08. The Morgan fingerprint density at radius 3 is 2.52 bits per heavy atom. The first-order valence-corrected chi connectivity index (χ1v) is 10.8. The van der Waals surface area contributed by atoms with E-state index in [-0.39, 0.29) is 42.6 Å². The number of ether oxygens (including phenoxy) is 1. The molecule has 2 aliphatic heterocycles. The van der Waals surface area contributed by atoms with Crippen LogP contribution < -0.4 is 10.6 Å². The zero-order valence-electron chi connectivity index (χ0n) is 17.8. The second-order valence-corrected chi connectivity index (χ2v) is 7.81. The predicted octanol–water partition coefficient (Wildman–Crippen LogP) is 0.617. The number of esters is 1. The fourth-order valence-corrected chi connectivity index (χ4v) is 3.99. The highest BCUT2D eigenvalue weighted by Gasteiger charge is 2.36. The molecular formula is C22H30N4O5. The van der Waals surface area contributed by atoms with E-state index in [2.05, 4.69) is 10.6 Å². The number of amides is 3. The van der Waals surface area contributed by atoms with Gasteiger partial charge in [-0.15, -0.1) is 0 Å². The van der Waals surface area contributed by atoms with Crippen molar-refractivity contribution in [2.24, 2.45) is 5.92 Å². The summed E-state index contributed by atoms with van der Waals surface area (Å²) in [7, 11) is 0. The minimum Gasteiger partial charge on any atom is -0.466 e. The third kappa shape index (κ3) is 6.27. The number of carbonyl (C=O) groups excluding carboxylic acids is 4. The fourth-order valence-electron chi connectivity index (χ4n) is 3.99. The smallest absolute Gasteiger partial charge is 0.309 e. The second-order valence-electron chi connectivity index (χ2n) is 7.81. The van der Waals surface area contributed by atoms with Crippen molar-refractivity contribution >= 4 is 29.4 Å². The molecule has 1 atom stereocenters. The van der Waals surface area contributed by atoms with Gasteiger partial charge in [0.15, 0.2) is 0 Å². The largest absolute Gasteiger partial charge is 0.466 e. The molecule has 2 saturated heterocycles. The number of hydrogen-bond acceptors (Lipinski definition) is 6. The lowest BCUT2D eigenvalue weighted by Gasteiger charge is -2.37. The summed E-state index contributed by atoms with van der Waals surface area (Å²) in [5.74, 6) is -1.11. The van der Waals surface area contributed by atoms with E-state index in [0.29, 0.717) is 51.3 Å². The van der Waals surface area contributed by atoms with Crippen molar-refractivity contribution in [3.8, 4) is 0 Å². The van der Waals surface area contributed by atoms with Gasteiger partial charge in [-0.25, -0.2) is 0 Å². The molecule has 2 aliphatic rings. The highest BCUT2D eigenvalue weighted by atomic mass is 16.5. The number of rotatable bonds is 7. The summed E-state index contributed by atoms with van der Waals surface area (Å²) in [5, 5.41) is 5.51. The zero-order chi connectivity index (χ0) is 22.2. The fraction of sp³-hybridized carbons (Fsp3) is 0.545. The quantitative estimate of drug-likeness (QED) is 0.614. The first kappa shape index (κ1) is 22.7. The molecule has 9 heteroatoms. The second kappa shape index (κ2) is 10.9. The van der Waals surface area contributed by atoms with Crippen molar-refractivity contribution < 1.29 is 23.9 Å². The van der Waals surface area contributed by atoms with Gasteiger partial charge in [0.25, 0.3) is 0 Å². The molecule has 168 valence electrons. The van der Waals surface area contributed by atoms with Crippen molar-refractivity contribution in [1.29, 1.82) is 0 Å². The lowest BCUT2D eigenvalue weighted by molar-refractivity contribution is -0.150. The average molecular weight is 431 g/mol. The summed E-state index contributed by atoms with van der Waals surface area (Å²) >= 11 is 0. The molecule has 31 heavy (non-hydrogen) atoms. The van der Waals surface area contributed by atoms with Crippen LogP contribution in [-0.4, -0.2) is 78.9 Å². The average Bonchev–Trinajstić information content (AvgIpc) is 2.76. The van der Waals surface area contributed by atoms with Crippen LogP contribution >= 0.6 is 0 Å². The van der Waals surface area contributed by atoms with Gasteiger partial charge in [0.05, 0.1) is 25.5 Å². The summed E-state index contributed by atoms with van der Waals surface area (Å²) in [4.78, 5) is 53.2.